The highest BCUT2D eigenvalue weighted by Crippen LogP contribution is 2.22. The lowest BCUT2D eigenvalue weighted by atomic mass is 10.1. The zero-order chi connectivity index (χ0) is 14.5. The van der Waals surface area contributed by atoms with Gasteiger partial charge >= 0.3 is 0 Å². The molecule has 4 heteroatoms. The SMILES string of the molecule is CN(Cc1ccccc1)C(C#N)c1ccc(F)c(F)c1. The Morgan fingerprint density at radius 1 is 1.10 bits per heavy atom. The van der Waals surface area contributed by atoms with Crippen LogP contribution in [0.3, 0.4) is 0 Å². The van der Waals surface area contributed by atoms with E-state index in [0.717, 1.165) is 17.7 Å². The molecule has 2 nitrogen and oxygen atoms in total. The summed E-state index contributed by atoms with van der Waals surface area (Å²) < 4.78 is 26.2. The molecule has 1 unspecified atom stereocenters. The second-order valence-corrected chi connectivity index (χ2v) is 4.61. The Balaban J connectivity index is 2.19. The van der Waals surface area contributed by atoms with Gasteiger partial charge in [-0.1, -0.05) is 36.4 Å². The number of hydrogen-bond donors (Lipinski definition) is 0. The molecule has 20 heavy (non-hydrogen) atoms. The maximum Gasteiger partial charge on any atom is 0.159 e. The third kappa shape index (κ3) is 3.19. The lowest BCUT2D eigenvalue weighted by Gasteiger charge is -2.22. The number of hydrogen-bond acceptors (Lipinski definition) is 2. The molecule has 0 bridgehead atoms. The van der Waals surface area contributed by atoms with Crippen molar-refractivity contribution in [1.82, 2.24) is 4.90 Å². The Bertz CT molecular complexity index is 620. The fourth-order valence-corrected chi connectivity index (χ4v) is 2.07. The van der Waals surface area contributed by atoms with Crippen LogP contribution in [0.5, 0.6) is 0 Å². The molecule has 0 aromatic heterocycles. The van der Waals surface area contributed by atoms with Crippen LogP contribution in [-0.4, -0.2) is 11.9 Å². The van der Waals surface area contributed by atoms with Gasteiger partial charge in [0.1, 0.15) is 6.04 Å². The Hall–Kier alpha value is -2.25. The molecule has 0 N–H and O–H groups in total. The van der Waals surface area contributed by atoms with Crippen molar-refractivity contribution in [2.24, 2.45) is 0 Å². The van der Waals surface area contributed by atoms with Crippen molar-refractivity contribution in [2.45, 2.75) is 12.6 Å². The largest absolute Gasteiger partial charge is 0.283 e. The van der Waals surface area contributed by atoms with Gasteiger partial charge in [0.2, 0.25) is 0 Å². The molecular weight excluding hydrogens is 258 g/mol. The third-order valence-electron chi connectivity index (χ3n) is 3.10. The molecule has 0 fully saturated rings. The van der Waals surface area contributed by atoms with E-state index in [1.54, 1.807) is 11.9 Å². The highest BCUT2D eigenvalue weighted by atomic mass is 19.2. The maximum absolute atomic E-state index is 13.3. The minimum atomic E-state index is -0.934. The highest BCUT2D eigenvalue weighted by molar-refractivity contribution is 5.26. The first-order chi connectivity index (χ1) is 9.61. The Labute approximate surface area is 116 Å². The second-order valence-electron chi connectivity index (χ2n) is 4.61. The van der Waals surface area contributed by atoms with Crippen molar-refractivity contribution >= 4 is 0 Å². The first-order valence-corrected chi connectivity index (χ1v) is 6.20. The number of halogens is 2. The van der Waals surface area contributed by atoms with Crippen LogP contribution in [-0.2, 0) is 6.54 Å². The maximum atomic E-state index is 13.3. The van der Waals surface area contributed by atoms with Gasteiger partial charge in [0.25, 0.3) is 0 Å². The summed E-state index contributed by atoms with van der Waals surface area (Å²) in [5.41, 5.74) is 1.50. The van der Waals surface area contributed by atoms with Crippen molar-refractivity contribution in [3.05, 3.63) is 71.3 Å². The van der Waals surface area contributed by atoms with E-state index in [9.17, 15) is 14.0 Å². The van der Waals surface area contributed by atoms with E-state index in [0.29, 0.717) is 12.1 Å². The van der Waals surface area contributed by atoms with Crippen LogP contribution in [0.1, 0.15) is 17.2 Å². The molecule has 2 aromatic rings. The van der Waals surface area contributed by atoms with Crippen LogP contribution in [0.4, 0.5) is 8.78 Å². The Morgan fingerprint density at radius 2 is 1.80 bits per heavy atom. The number of rotatable bonds is 4. The molecule has 102 valence electrons. The summed E-state index contributed by atoms with van der Waals surface area (Å²) in [6.45, 7) is 0.554. The quantitative estimate of drug-likeness (QED) is 0.849. The fourth-order valence-electron chi connectivity index (χ4n) is 2.07. The summed E-state index contributed by atoms with van der Waals surface area (Å²) in [4.78, 5) is 1.79. The minimum Gasteiger partial charge on any atom is -0.283 e. The van der Waals surface area contributed by atoms with Gasteiger partial charge in [-0.15, -0.1) is 0 Å². The lowest BCUT2D eigenvalue weighted by molar-refractivity contribution is 0.282. The van der Waals surface area contributed by atoms with Crippen molar-refractivity contribution in [1.29, 1.82) is 5.26 Å². The molecule has 0 amide bonds. The number of nitriles is 1. The zero-order valence-electron chi connectivity index (χ0n) is 11.1. The molecule has 2 rings (SSSR count). The van der Waals surface area contributed by atoms with Crippen molar-refractivity contribution < 1.29 is 8.78 Å². The molecule has 1 atom stereocenters. The van der Waals surface area contributed by atoms with Gasteiger partial charge in [-0.3, -0.25) is 4.90 Å². The van der Waals surface area contributed by atoms with Crippen LogP contribution in [0.2, 0.25) is 0 Å². The first kappa shape index (κ1) is 14.2. The van der Waals surface area contributed by atoms with Crippen molar-refractivity contribution in [3.8, 4) is 6.07 Å². The van der Waals surface area contributed by atoms with Gasteiger partial charge in [0.05, 0.1) is 6.07 Å². The van der Waals surface area contributed by atoms with Crippen LogP contribution in [0.15, 0.2) is 48.5 Å². The molecule has 0 aliphatic carbocycles. The average molecular weight is 272 g/mol. The fraction of sp³-hybridized carbons (Fsp3) is 0.188. The molecule has 0 saturated heterocycles. The third-order valence-corrected chi connectivity index (χ3v) is 3.10. The topological polar surface area (TPSA) is 27.0 Å². The van der Waals surface area contributed by atoms with E-state index >= 15 is 0 Å². The van der Waals surface area contributed by atoms with Crippen LogP contribution < -0.4 is 0 Å². The van der Waals surface area contributed by atoms with E-state index in [1.165, 1.54) is 6.07 Å². The number of nitrogens with zero attached hydrogens (tertiary/aromatic N) is 2. The van der Waals surface area contributed by atoms with Gasteiger partial charge in [-0.05, 0) is 30.3 Å². The minimum absolute atomic E-state index is 0.449. The molecule has 0 spiro atoms. The number of benzene rings is 2. The molecule has 0 aliphatic rings. The summed E-state index contributed by atoms with van der Waals surface area (Å²) in [7, 11) is 1.78. The van der Waals surface area contributed by atoms with Crippen LogP contribution in [0, 0.1) is 23.0 Å². The van der Waals surface area contributed by atoms with E-state index in [2.05, 4.69) is 6.07 Å². The standard InChI is InChI=1S/C16H14F2N2/c1-20(11-12-5-3-2-4-6-12)16(10-19)13-7-8-14(17)15(18)9-13/h2-9,16H,11H2,1H3. The summed E-state index contributed by atoms with van der Waals surface area (Å²) in [6.07, 6.45) is 0. The zero-order valence-corrected chi connectivity index (χ0v) is 11.1. The average Bonchev–Trinajstić information content (AvgIpc) is 2.44. The highest BCUT2D eigenvalue weighted by Gasteiger charge is 2.18. The normalized spacial score (nSPS) is 12.2. The molecule has 0 heterocycles. The van der Waals surface area contributed by atoms with Gasteiger partial charge < -0.3 is 0 Å². The molecular formula is C16H14F2N2. The van der Waals surface area contributed by atoms with Crippen molar-refractivity contribution in [2.75, 3.05) is 7.05 Å². The summed E-state index contributed by atoms with van der Waals surface area (Å²) in [5, 5.41) is 9.28. The molecule has 0 saturated carbocycles. The van der Waals surface area contributed by atoms with Crippen LogP contribution >= 0.6 is 0 Å². The van der Waals surface area contributed by atoms with Gasteiger partial charge in [0, 0.05) is 6.54 Å². The lowest BCUT2D eigenvalue weighted by Crippen LogP contribution is -2.23. The monoisotopic (exact) mass is 272 g/mol. The predicted molar refractivity (Wildman–Crippen MR) is 72.6 cm³/mol. The second kappa shape index (κ2) is 6.27. The van der Waals surface area contributed by atoms with Gasteiger partial charge in [0.15, 0.2) is 11.6 Å². The van der Waals surface area contributed by atoms with Crippen LogP contribution in [0.25, 0.3) is 0 Å². The van der Waals surface area contributed by atoms with Crippen molar-refractivity contribution in [3.63, 3.8) is 0 Å². The predicted octanol–water partition coefficient (Wildman–Crippen LogP) is 3.66. The van der Waals surface area contributed by atoms with E-state index in [4.69, 9.17) is 0 Å². The molecule has 2 aromatic carbocycles. The smallest absolute Gasteiger partial charge is 0.159 e. The summed E-state index contributed by atoms with van der Waals surface area (Å²) in [6, 6.07) is 14.7. The molecule has 0 aliphatic heterocycles. The van der Waals surface area contributed by atoms with E-state index < -0.39 is 17.7 Å². The molecule has 0 radical (unpaired) electrons. The Kier molecular flexibility index (Phi) is 4.44. The first-order valence-electron chi connectivity index (χ1n) is 6.20. The van der Waals surface area contributed by atoms with Gasteiger partial charge in [-0.2, -0.15) is 5.26 Å². The van der Waals surface area contributed by atoms with Gasteiger partial charge in [-0.25, -0.2) is 8.78 Å². The Morgan fingerprint density at radius 3 is 2.40 bits per heavy atom. The summed E-state index contributed by atoms with van der Waals surface area (Å²) >= 11 is 0. The van der Waals surface area contributed by atoms with E-state index in [-0.39, 0.29) is 0 Å². The van der Waals surface area contributed by atoms with E-state index in [1.807, 2.05) is 30.3 Å². The summed E-state index contributed by atoms with van der Waals surface area (Å²) in [5.74, 6) is -1.84.